The van der Waals surface area contributed by atoms with Crippen LogP contribution in [-0.4, -0.2) is 39.1 Å². The molecule has 3 N–H and O–H groups in total. The van der Waals surface area contributed by atoms with Gasteiger partial charge in [0, 0.05) is 33.9 Å². The van der Waals surface area contributed by atoms with Gasteiger partial charge < -0.3 is 20.3 Å². The third kappa shape index (κ3) is 4.05. The fourth-order valence-electron chi connectivity index (χ4n) is 9.11. The number of unbranched alkanes of at least 4 members (excludes halogenated alkanes) is 1. The number of carbonyl (C=O) groups is 1. The molecule has 200 valence electrons. The summed E-state index contributed by atoms with van der Waals surface area (Å²) in [6.07, 6.45) is 12.2. The van der Waals surface area contributed by atoms with Crippen LogP contribution in [0, 0.1) is 17.8 Å². The van der Waals surface area contributed by atoms with E-state index >= 15 is 0 Å². The van der Waals surface area contributed by atoms with Crippen LogP contribution in [0.4, 0.5) is 5.69 Å². The van der Waals surface area contributed by atoms with E-state index in [9.17, 15) is 9.90 Å². The normalized spacial score (nSPS) is 31.5. The van der Waals surface area contributed by atoms with Crippen LogP contribution in [0.1, 0.15) is 87.6 Å². The van der Waals surface area contributed by atoms with E-state index in [1.165, 1.54) is 55.2 Å². The number of para-hydroxylation sites is 1. The monoisotopic (exact) mass is 511 g/mol. The topological polar surface area (TPSA) is 68.4 Å². The lowest BCUT2D eigenvalue weighted by molar-refractivity contribution is -0.139. The molecule has 1 aromatic heterocycles. The van der Waals surface area contributed by atoms with Crippen molar-refractivity contribution in [3.05, 3.63) is 65.4 Å². The van der Waals surface area contributed by atoms with Gasteiger partial charge in [0.15, 0.2) is 0 Å². The summed E-state index contributed by atoms with van der Waals surface area (Å²) in [5.41, 5.74) is 6.13. The molecule has 4 fully saturated rings. The molecular formula is C33H41N3O2. The van der Waals surface area contributed by atoms with Crippen LogP contribution in [0.5, 0.6) is 0 Å². The van der Waals surface area contributed by atoms with Crippen molar-refractivity contribution in [1.82, 2.24) is 9.88 Å². The van der Waals surface area contributed by atoms with Gasteiger partial charge in [-0.3, -0.25) is 4.79 Å². The second-order valence-electron chi connectivity index (χ2n) is 12.9. The first-order valence-corrected chi connectivity index (χ1v) is 15.0. The molecule has 4 bridgehead atoms. The minimum absolute atomic E-state index is 0.0798. The van der Waals surface area contributed by atoms with E-state index in [4.69, 9.17) is 0 Å². The van der Waals surface area contributed by atoms with Crippen LogP contribution < -0.4 is 5.32 Å². The van der Waals surface area contributed by atoms with Crippen molar-refractivity contribution in [3.63, 3.8) is 0 Å². The zero-order valence-corrected chi connectivity index (χ0v) is 22.6. The molecule has 2 heterocycles. The van der Waals surface area contributed by atoms with E-state index in [-0.39, 0.29) is 23.5 Å². The average molecular weight is 512 g/mol. The van der Waals surface area contributed by atoms with Crippen LogP contribution in [0.2, 0.25) is 0 Å². The zero-order valence-electron chi connectivity index (χ0n) is 22.6. The first-order valence-electron chi connectivity index (χ1n) is 15.0. The summed E-state index contributed by atoms with van der Waals surface area (Å²) in [6, 6.07) is 17.2. The minimum atomic E-state index is -0.458. The molecule has 2 atom stereocenters. The van der Waals surface area contributed by atoms with Crippen molar-refractivity contribution in [2.75, 3.05) is 11.9 Å². The second kappa shape index (κ2) is 9.44. The number of nitrogens with one attached hydrogen (secondary N) is 2. The Morgan fingerprint density at radius 2 is 1.71 bits per heavy atom. The molecule has 0 saturated heterocycles. The molecule has 5 aliphatic rings. The Kier molecular flexibility index (Phi) is 6.03. The van der Waals surface area contributed by atoms with Gasteiger partial charge in [0.2, 0.25) is 5.91 Å². The highest BCUT2D eigenvalue weighted by molar-refractivity contribution is 5.87. The molecule has 0 spiro atoms. The average Bonchev–Trinajstić information content (AvgIpc) is 3.28. The Bertz CT molecular complexity index is 1290. The SMILES string of the molecule is CCCCC1Cc2c([nH]c3ccccc23)C(c2ccc(NC34CC5CC(CC(C5)C3)C4)cc2)N1C(=O)CO. The number of aliphatic hydroxyl groups is 1. The summed E-state index contributed by atoms with van der Waals surface area (Å²) < 4.78 is 0. The molecule has 0 radical (unpaired) electrons. The summed E-state index contributed by atoms with van der Waals surface area (Å²) in [5, 5.41) is 15.3. The maximum absolute atomic E-state index is 13.3. The fourth-order valence-corrected chi connectivity index (χ4v) is 9.11. The molecule has 5 heteroatoms. The Hall–Kier alpha value is -2.79. The van der Waals surface area contributed by atoms with Crippen molar-refractivity contribution < 1.29 is 9.90 Å². The number of aromatic nitrogens is 1. The lowest BCUT2D eigenvalue weighted by Gasteiger charge is -2.57. The molecule has 5 nitrogen and oxygen atoms in total. The third-order valence-corrected chi connectivity index (χ3v) is 10.2. The number of nitrogens with zero attached hydrogens (tertiary/aromatic N) is 1. The number of rotatable bonds is 7. The van der Waals surface area contributed by atoms with Crippen molar-refractivity contribution >= 4 is 22.5 Å². The van der Waals surface area contributed by atoms with Crippen LogP contribution in [0.3, 0.4) is 0 Å². The van der Waals surface area contributed by atoms with Crippen LogP contribution in [-0.2, 0) is 11.2 Å². The van der Waals surface area contributed by atoms with Gasteiger partial charge in [-0.2, -0.15) is 0 Å². The molecule has 4 aliphatic carbocycles. The number of amides is 1. The number of aliphatic hydroxyl groups excluding tert-OH is 1. The molecule has 4 saturated carbocycles. The Balaban J connectivity index is 1.24. The van der Waals surface area contributed by atoms with E-state index in [0.29, 0.717) is 0 Å². The first-order chi connectivity index (χ1) is 18.6. The lowest BCUT2D eigenvalue weighted by atomic mass is 9.53. The number of hydrogen-bond donors (Lipinski definition) is 3. The molecule has 1 amide bonds. The highest BCUT2D eigenvalue weighted by atomic mass is 16.3. The standard InChI is InChI=1S/C33H41N3O2/c1-2-3-6-26-16-28-27-7-4-5-8-29(27)34-31(28)32(36(26)30(38)20-37)24-9-11-25(12-10-24)35-33-17-21-13-22(18-33)15-23(14-21)19-33/h4-5,7-12,21-23,26,32,34-35,37H,2-3,6,13-20H2,1H3. The maximum atomic E-state index is 13.3. The van der Waals surface area contributed by atoms with E-state index in [2.05, 4.69) is 65.8 Å². The van der Waals surface area contributed by atoms with Crippen molar-refractivity contribution in [2.45, 2.75) is 88.8 Å². The summed E-state index contributed by atoms with van der Waals surface area (Å²) in [4.78, 5) is 18.9. The molecule has 2 aromatic carbocycles. The van der Waals surface area contributed by atoms with Gasteiger partial charge in [-0.15, -0.1) is 0 Å². The molecular weight excluding hydrogens is 470 g/mol. The lowest BCUT2D eigenvalue weighted by Crippen LogP contribution is -2.54. The van der Waals surface area contributed by atoms with Gasteiger partial charge in [-0.05, 0) is 98.4 Å². The van der Waals surface area contributed by atoms with Crippen LogP contribution in [0.15, 0.2) is 48.5 Å². The van der Waals surface area contributed by atoms with Gasteiger partial charge in [0.25, 0.3) is 0 Å². The molecule has 8 rings (SSSR count). The van der Waals surface area contributed by atoms with Gasteiger partial charge in [0.1, 0.15) is 6.61 Å². The van der Waals surface area contributed by atoms with Gasteiger partial charge in [-0.25, -0.2) is 0 Å². The van der Waals surface area contributed by atoms with Gasteiger partial charge >= 0.3 is 0 Å². The van der Waals surface area contributed by atoms with Crippen LogP contribution >= 0.6 is 0 Å². The van der Waals surface area contributed by atoms with E-state index in [0.717, 1.165) is 60.2 Å². The Labute approximate surface area is 226 Å². The molecule has 3 aromatic rings. The second-order valence-corrected chi connectivity index (χ2v) is 12.9. The highest BCUT2D eigenvalue weighted by Gasteiger charge is 2.51. The molecule has 2 unspecified atom stereocenters. The number of H-pyrrole nitrogens is 1. The predicted octanol–water partition coefficient (Wildman–Crippen LogP) is 6.57. The smallest absolute Gasteiger partial charge is 0.249 e. The summed E-state index contributed by atoms with van der Waals surface area (Å²) in [5.74, 6) is 2.55. The largest absolute Gasteiger partial charge is 0.387 e. The first kappa shape index (κ1) is 24.3. The van der Waals surface area contributed by atoms with Crippen LogP contribution in [0.25, 0.3) is 10.9 Å². The van der Waals surface area contributed by atoms with Crippen molar-refractivity contribution in [1.29, 1.82) is 0 Å². The van der Waals surface area contributed by atoms with E-state index in [1.807, 2.05) is 4.90 Å². The van der Waals surface area contributed by atoms with Gasteiger partial charge in [-0.1, -0.05) is 50.1 Å². The molecule has 38 heavy (non-hydrogen) atoms. The summed E-state index contributed by atoms with van der Waals surface area (Å²) in [6.45, 7) is 1.74. The van der Waals surface area contributed by atoms with Crippen molar-refractivity contribution in [2.24, 2.45) is 17.8 Å². The number of hydrogen-bond acceptors (Lipinski definition) is 3. The Morgan fingerprint density at radius 1 is 1.03 bits per heavy atom. The van der Waals surface area contributed by atoms with E-state index in [1.54, 1.807) is 0 Å². The minimum Gasteiger partial charge on any atom is -0.387 e. The number of fused-ring (bicyclic) bond motifs is 3. The van der Waals surface area contributed by atoms with Gasteiger partial charge in [0.05, 0.1) is 6.04 Å². The number of benzene rings is 2. The zero-order chi connectivity index (χ0) is 25.9. The maximum Gasteiger partial charge on any atom is 0.249 e. The fraction of sp³-hybridized carbons (Fsp3) is 0.545. The quantitative estimate of drug-likeness (QED) is 0.336. The highest BCUT2D eigenvalue weighted by Crippen LogP contribution is 2.56. The number of carbonyl (C=O) groups excluding carboxylic acids is 1. The van der Waals surface area contributed by atoms with Crippen molar-refractivity contribution in [3.8, 4) is 0 Å². The summed E-state index contributed by atoms with van der Waals surface area (Å²) in [7, 11) is 0. The number of anilines is 1. The summed E-state index contributed by atoms with van der Waals surface area (Å²) >= 11 is 0. The third-order valence-electron chi connectivity index (χ3n) is 10.2. The van der Waals surface area contributed by atoms with E-state index < -0.39 is 6.61 Å². The number of aromatic amines is 1. The molecule has 1 aliphatic heterocycles. The Morgan fingerprint density at radius 3 is 2.37 bits per heavy atom. The predicted molar refractivity (Wildman–Crippen MR) is 152 cm³/mol.